The van der Waals surface area contributed by atoms with Gasteiger partial charge in [-0.15, -0.1) is 0 Å². The third-order valence-corrected chi connectivity index (χ3v) is 5.06. The molecule has 1 saturated heterocycles. The zero-order valence-electron chi connectivity index (χ0n) is 12.6. The summed E-state index contributed by atoms with van der Waals surface area (Å²) in [6.45, 7) is 7.83. The molecule has 2 fully saturated rings. The molecule has 1 amide bonds. The second-order valence-electron chi connectivity index (χ2n) is 6.45. The molecule has 0 aromatic carbocycles. The lowest BCUT2D eigenvalue weighted by Gasteiger charge is -2.41. The Labute approximate surface area is 117 Å². The molecule has 2 N–H and O–H groups in total. The molecule has 4 heteroatoms. The van der Waals surface area contributed by atoms with Crippen molar-refractivity contribution in [1.82, 2.24) is 9.80 Å². The second kappa shape index (κ2) is 6.23. The summed E-state index contributed by atoms with van der Waals surface area (Å²) in [6.07, 6.45) is 3.97. The van der Waals surface area contributed by atoms with Gasteiger partial charge < -0.3 is 15.5 Å². The van der Waals surface area contributed by atoms with Crippen molar-refractivity contribution >= 4 is 5.91 Å². The van der Waals surface area contributed by atoms with Gasteiger partial charge in [0.05, 0.1) is 0 Å². The number of rotatable bonds is 3. The second-order valence-corrected chi connectivity index (χ2v) is 6.45. The van der Waals surface area contributed by atoms with Gasteiger partial charge in [-0.3, -0.25) is 4.79 Å². The maximum Gasteiger partial charge on any atom is 0.225 e. The molecule has 1 heterocycles. The number of nitrogens with zero attached hydrogens (tertiary/aromatic N) is 2. The number of hydrogen-bond acceptors (Lipinski definition) is 3. The third-order valence-electron chi connectivity index (χ3n) is 5.06. The fraction of sp³-hybridized carbons (Fsp3) is 0.933. The minimum absolute atomic E-state index is 0.177. The van der Waals surface area contributed by atoms with Gasteiger partial charge in [-0.1, -0.05) is 13.8 Å². The smallest absolute Gasteiger partial charge is 0.225 e. The zero-order valence-corrected chi connectivity index (χ0v) is 12.6. The van der Waals surface area contributed by atoms with E-state index in [-0.39, 0.29) is 12.0 Å². The molecule has 1 aliphatic heterocycles. The van der Waals surface area contributed by atoms with Gasteiger partial charge in [0.15, 0.2) is 0 Å². The van der Waals surface area contributed by atoms with E-state index in [2.05, 4.69) is 18.7 Å². The molecule has 19 heavy (non-hydrogen) atoms. The molecule has 0 bridgehead atoms. The molecular weight excluding hydrogens is 238 g/mol. The van der Waals surface area contributed by atoms with Crippen LogP contribution in [0.1, 0.15) is 39.5 Å². The fourth-order valence-electron chi connectivity index (χ4n) is 3.77. The summed E-state index contributed by atoms with van der Waals surface area (Å²) in [5.74, 6) is 1.07. The van der Waals surface area contributed by atoms with E-state index in [9.17, 15) is 4.79 Å². The van der Waals surface area contributed by atoms with Crippen molar-refractivity contribution in [1.29, 1.82) is 0 Å². The lowest BCUT2D eigenvalue weighted by Crippen LogP contribution is -2.51. The van der Waals surface area contributed by atoms with Crippen LogP contribution in [0.2, 0.25) is 0 Å². The molecule has 0 aromatic heterocycles. The van der Waals surface area contributed by atoms with Gasteiger partial charge in [0, 0.05) is 38.1 Å². The number of carbonyl (C=O) groups excluding carboxylic acids is 1. The summed E-state index contributed by atoms with van der Waals surface area (Å²) in [5, 5.41) is 0. The highest BCUT2D eigenvalue weighted by Crippen LogP contribution is 2.29. The van der Waals surface area contributed by atoms with Gasteiger partial charge in [-0.05, 0) is 38.1 Å². The molecule has 1 aliphatic carbocycles. The van der Waals surface area contributed by atoms with Crippen molar-refractivity contribution in [2.24, 2.45) is 17.6 Å². The number of amides is 1. The van der Waals surface area contributed by atoms with E-state index in [1.165, 1.54) is 0 Å². The monoisotopic (exact) mass is 267 g/mol. The van der Waals surface area contributed by atoms with E-state index in [0.29, 0.717) is 17.9 Å². The highest BCUT2D eigenvalue weighted by atomic mass is 16.2. The lowest BCUT2D eigenvalue weighted by molar-refractivity contribution is -0.138. The lowest BCUT2D eigenvalue weighted by atomic mass is 9.91. The Hall–Kier alpha value is -0.610. The Morgan fingerprint density at radius 1 is 1.37 bits per heavy atom. The Kier molecular flexibility index (Phi) is 4.85. The van der Waals surface area contributed by atoms with E-state index in [1.54, 1.807) is 0 Å². The molecule has 0 unspecified atom stereocenters. The first-order valence-corrected chi connectivity index (χ1v) is 7.77. The molecule has 1 saturated carbocycles. The van der Waals surface area contributed by atoms with E-state index in [1.807, 2.05) is 11.9 Å². The number of carbonyl (C=O) groups is 1. The molecule has 4 nitrogen and oxygen atoms in total. The van der Waals surface area contributed by atoms with Crippen LogP contribution in [0.25, 0.3) is 0 Å². The Morgan fingerprint density at radius 3 is 2.63 bits per heavy atom. The van der Waals surface area contributed by atoms with Gasteiger partial charge in [-0.25, -0.2) is 0 Å². The zero-order chi connectivity index (χ0) is 14.0. The summed E-state index contributed by atoms with van der Waals surface area (Å²) < 4.78 is 0. The maximum atomic E-state index is 12.5. The molecule has 4 atom stereocenters. The van der Waals surface area contributed by atoms with Crippen LogP contribution < -0.4 is 5.73 Å². The average Bonchev–Trinajstić information content (AvgIpc) is 2.83. The van der Waals surface area contributed by atoms with E-state index in [4.69, 9.17) is 5.73 Å². The van der Waals surface area contributed by atoms with Gasteiger partial charge in [-0.2, -0.15) is 0 Å². The summed E-state index contributed by atoms with van der Waals surface area (Å²) in [4.78, 5) is 17.0. The Bertz CT molecular complexity index is 321. The van der Waals surface area contributed by atoms with E-state index >= 15 is 0 Å². The van der Waals surface area contributed by atoms with Crippen molar-refractivity contribution in [2.75, 3.05) is 26.7 Å². The van der Waals surface area contributed by atoms with E-state index < -0.39 is 0 Å². The normalized spacial score (nSPS) is 36.4. The summed E-state index contributed by atoms with van der Waals surface area (Å²) in [6, 6.07) is 0.647. The van der Waals surface area contributed by atoms with E-state index in [0.717, 1.165) is 45.3 Å². The first-order chi connectivity index (χ1) is 9.02. The summed E-state index contributed by atoms with van der Waals surface area (Å²) >= 11 is 0. The first kappa shape index (κ1) is 14.8. The molecular formula is C15H29N3O. The minimum atomic E-state index is 0.177. The Morgan fingerprint density at radius 2 is 2.11 bits per heavy atom. The van der Waals surface area contributed by atoms with Gasteiger partial charge in [0.2, 0.25) is 5.91 Å². The summed E-state index contributed by atoms with van der Waals surface area (Å²) in [5.41, 5.74) is 5.93. The van der Waals surface area contributed by atoms with Crippen molar-refractivity contribution in [3.63, 3.8) is 0 Å². The van der Waals surface area contributed by atoms with Crippen LogP contribution in [0.3, 0.4) is 0 Å². The van der Waals surface area contributed by atoms with Crippen molar-refractivity contribution < 1.29 is 4.79 Å². The van der Waals surface area contributed by atoms with Crippen molar-refractivity contribution in [3.8, 4) is 0 Å². The third kappa shape index (κ3) is 3.29. The molecule has 0 spiro atoms. The predicted molar refractivity (Wildman–Crippen MR) is 77.8 cm³/mol. The highest BCUT2D eigenvalue weighted by Gasteiger charge is 2.35. The number of likely N-dealkylation sites (tertiary alicyclic amines) is 1. The number of hydrogen-bond donors (Lipinski definition) is 1. The highest BCUT2D eigenvalue weighted by molar-refractivity contribution is 5.79. The van der Waals surface area contributed by atoms with Crippen LogP contribution in [0.15, 0.2) is 0 Å². The van der Waals surface area contributed by atoms with Crippen molar-refractivity contribution in [3.05, 3.63) is 0 Å². The quantitative estimate of drug-likeness (QED) is 0.838. The van der Waals surface area contributed by atoms with Crippen molar-refractivity contribution in [2.45, 2.75) is 51.6 Å². The standard InChI is InChI=1S/C15H29N3O/c1-4-18-8-7-14(11(2)10-18)17(3)15(19)12-5-6-13(16)9-12/h11-14H,4-10,16H2,1-3H3/t11-,12-,13-,14+/m1/s1. The maximum absolute atomic E-state index is 12.5. The van der Waals surface area contributed by atoms with Crippen LogP contribution in [0, 0.1) is 11.8 Å². The number of piperidine rings is 1. The largest absolute Gasteiger partial charge is 0.342 e. The molecule has 110 valence electrons. The van der Waals surface area contributed by atoms with Crippen LogP contribution in [0.4, 0.5) is 0 Å². The topological polar surface area (TPSA) is 49.6 Å². The van der Waals surface area contributed by atoms with Gasteiger partial charge in [0.1, 0.15) is 0 Å². The predicted octanol–water partition coefficient (Wildman–Crippen LogP) is 1.30. The fourth-order valence-corrected chi connectivity index (χ4v) is 3.77. The molecule has 0 radical (unpaired) electrons. The van der Waals surface area contributed by atoms with Crippen LogP contribution in [0.5, 0.6) is 0 Å². The van der Waals surface area contributed by atoms with Crippen LogP contribution in [-0.4, -0.2) is 54.5 Å². The first-order valence-electron chi connectivity index (χ1n) is 7.77. The van der Waals surface area contributed by atoms with Crippen LogP contribution in [-0.2, 0) is 4.79 Å². The number of nitrogens with two attached hydrogens (primary N) is 1. The minimum Gasteiger partial charge on any atom is -0.342 e. The average molecular weight is 267 g/mol. The Balaban J connectivity index is 1.92. The summed E-state index contributed by atoms with van der Waals surface area (Å²) in [7, 11) is 1.99. The molecule has 0 aromatic rings. The van der Waals surface area contributed by atoms with Gasteiger partial charge in [0.25, 0.3) is 0 Å². The van der Waals surface area contributed by atoms with Crippen LogP contribution >= 0.6 is 0 Å². The molecule has 2 rings (SSSR count). The SMILES string of the molecule is CCN1CC[C@H](N(C)C(=O)[C@@H]2CC[C@@H](N)C2)[C@H](C)C1. The molecule has 2 aliphatic rings. The van der Waals surface area contributed by atoms with Gasteiger partial charge >= 0.3 is 0 Å².